The first kappa shape index (κ1) is 91.1. The number of carbonyl (C=O) groups is 4. The van der Waals surface area contributed by atoms with Crippen molar-refractivity contribution in [3.63, 3.8) is 0 Å². The third kappa shape index (κ3) is 20.2. The molecule has 49 heteroatoms. The quantitative estimate of drug-likeness (QED) is 0.0346. The zero-order valence-electron chi connectivity index (χ0n) is 59.9. The van der Waals surface area contributed by atoms with Gasteiger partial charge in [0.15, 0.2) is 56.6 Å². The highest BCUT2D eigenvalue weighted by atomic mass is 16.8. The summed E-state index contributed by atoms with van der Waals surface area (Å²) in [4.78, 5) is 51.1. The Labute approximate surface area is 629 Å². The van der Waals surface area contributed by atoms with Crippen molar-refractivity contribution in [3.05, 3.63) is 0 Å². The monoisotopic (exact) mass is 1620 g/mol. The van der Waals surface area contributed by atoms with Crippen LogP contribution >= 0.6 is 0 Å². The van der Waals surface area contributed by atoms with Crippen LogP contribution in [0, 0.1) is 0 Å². The summed E-state index contributed by atoms with van der Waals surface area (Å²) in [5.74, 6) is -3.58. The van der Waals surface area contributed by atoms with Crippen LogP contribution in [-0.2, 0) is 99.7 Å². The molecule has 9 heterocycles. The summed E-state index contributed by atoms with van der Waals surface area (Å²) in [5.41, 5.74) is 0. The molecule has 0 aliphatic carbocycles. The number of nitrogens with one attached hydrogen (secondary N) is 4. The Morgan fingerprint density at radius 1 is 0.252 bits per heavy atom. The van der Waals surface area contributed by atoms with Crippen molar-refractivity contribution in [2.45, 2.75) is 311 Å². The number of aliphatic hydroxyl groups is 24. The Morgan fingerprint density at radius 2 is 0.568 bits per heavy atom. The number of ether oxygens (including phenoxy) is 17. The molecule has 9 saturated heterocycles. The Bertz CT molecular complexity index is 2950. The van der Waals surface area contributed by atoms with E-state index in [1.807, 2.05) is 0 Å². The molecule has 9 rings (SSSR count). The normalized spacial score (nSPS) is 49.3. The topological polar surface area (TPSA) is 759 Å². The van der Waals surface area contributed by atoms with Crippen LogP contribution < -0.4 is 21.3 Å². The third-order valence-corrected chi connectivity index (χ3v) is 20.3. The van der Waals surface area contributed by atoms with Gasteiger partial charge in [0.1, 0.15) is 213 Å². The van der Waals surface area contributed by atoms with Crippen LogP contribution in [0.5, 0.6) is 0 Å². The summed E-state index contributed by atoms with van der Waals surface area (Å²) < 4.78 is 102. The minimum absolute atomic E-state index is 0.785. The fourth-order valence-corrected chi connectivity index (χ4v) is 14.4. The fraction of sp³-hybridized carbons (Fsp3) is 0.935. The van der Waals surface area contributed by atoms with Crippen LogP contribution in [0.25, 0.3) is 0 Å². The summed E-state index contributed by atoms with van der Waals surface area (Å²) in [6.07, 6.45) is -85.1. The summed E-state index contributed by atoms with van der Waals surface area (Å²) in [5, 5.41) is 277. The molecule has 0 saturated carbocycles. The second-order valence-corrected chi connectivity index (χ2v) is 28.1. The minimum Gasteiger partial charge on any atom is -0.394 e. The molecule has 0 bridgehead atoms. The van der Waals surface area contributed by atoms with Crippen molar-refractivity contribution in [1.29, 1.82) is 0 Å². The lowest BCUT2D eigenvalue weighted by molar-refractivity contribution is -0.403. The Kier molecular flexibility index (Phi) is 32.6. The van der Waals surface area contributed by atoms with Gasteiger partial charge >= 0.3 is 0 Å². The Balaban J connectivity index is 1.09. The number of carbonyl (C=O) groups excluding carboxylic acids is 4. The number of hydrogen-bond acceptors (Lipinski definition) is 45. The predicted octanol–water partition coefficient (Wildman–Crippen LogP) is -19.0. The van der Waals surface area contributed by atoms with Crippen LogP contribution in [0.4, 0.5) is 0 Å². The average Bonchev–Trinajstić information content (AvgIpc) is 0.761. The number of hydrogen-bond donors (Lipinski definition) is 28. The van der Waals surface area contributed by atoms with E-state index in [0.717, 1.165) is 27.7 Å². The van der Waals surface area contributed by atoms with E-state index in [1.54, 1.807) is 0 Å². The van der Waals surface area contributed by atoms with Gasteiger partial charge in [-0.05, 0) is 6.92 Å². The molecule has 642 valence electrons. The van der Waals surface area contributed by atoms with Crippen molar-refractivity contribution in [3.8, 4) is 0 Å². The lowest BCUT2D eigenvalue weighted by atomic mass is 9.93. The molecule has 45 atom stereocenters. The van der Waals surface area contributed by atoms with Crippen molar-refractivity contribution in [2.75, 3.05) is 52.9 Å². The van der Waals surface area contributed by atoms with Crippen molar-refractivity contribution in [1.82, 2.24) is 21.3 Å². The molecule has 0 aromatic rings. The molecule has 4 amide bonds. The van der Waals surface area contributed by atoms with Gasteiger partial charge in [-0.2, -0.15) is 0 Å². The van der Waals surface area contributed by atoms with Gasteiger partial charge in [0.25, 0.3) is 0 Å². The SMILES string of the molecule is CC(=O)N[C@@H]1[C@@H](O)[C@H](O[C@@H]2O[C@H](CO)[C@@H](O[C@@H]3O[C@H](CO[C@H]4O[C@H](CO)[C@@H](O)[C@H](O)[C@@H]4O[C@@H]4O[C@H](CO)[C@@H](O)[C@H](O)[C@H]4NC(C)=O)[C@@H](O)[C@H](O[C@H]4O[C@H](CO)[C@@H](O)[C@H](O)[C@@H]4O[C@@H]4O[C@H](CO)[C@@H](O[C@@H]5O[C@H](CO)[C@H](O)[C@H](O)[C@H]5O)[C@H](O[C@@H]5O[C@@H](C)[C@@H](O)[C@@H](O)[C@@H]5O)[C@H]4NC(C)=O)[C@@H]3O)[C@H](O)[C@H]2NC(C)=O)[C@@H](CO)O[C@H]1O. The lowest BCUT2D eigenvalue weighted by Crippen LogP contribution is -2.71. The van der Waals surface area contributed by atoms with Gasteiger partial charge in [0.2, 0.25) is 23.6 Å². The molecule has 0 radical (unpaired) electrons. The lowest BCUT2D eigenvalue weighted by Gasteiger charge is -2.52. The zero-order chi connectivity index (χ0) is 81.8. The van der Waals surface area contributed by atoms with Crippen LogP contribution in [0.2, 0.25) is 0 Å². The van der Waals surface area contributed by atoms with E-state index in [2.05, 4.69) is 21.3 Å². The molecule has 9 aliphatic heterocycles. The minimum atomic E-state index is -2.59. The molecule has 0 spiro atoms. The van der Waals surface area contributed by atoms with Crippen LogP contribution in [0.3, 0.4) is 0 Å². The Morgan fingerprint density at radius 3 is 1.07 bits per heavy atom. The van der Waals surface area contributed by atoms with Gasteiger partial charge in [-0.15, -0.1) is 0 Å². The number of aliphatic hydroxyl groups excluding tert-OH is 24. The molecule has 9 fully saturated rings. The van der Waals surface area contributed by atoms with Crippen LogP contribution in [0.1, 0.15) is 34.6 Å². The van der Waals surface area contributed by atoms with Crippen LogP contribution in [0.15, 0.2) is 0 Å². The van der Waals surface area contributed by atoms with E-state index in [-0.39, 0.29) is 0 Å². The summed E-state index contributed by atoms with van der Waals surface area (Å²) >= 11 is 0. The molecular formula is C62H104N4O45. The maximum absolute atomic E-state index is 13.5. The van der Waals surface area contributed by atoms with Gasteiger partial charge < -0.3 is 224 Å². The third-order valence-electron chi connectivity index (χ3n) is 20.3. The smallest absolute Gasteiger partial charge is 0.217 e. The number of amides is 4. The van der Waals surface area contributed by atoms with E-state index in [9.17, 15) is 142 Å². The van der Waals surface area contributed by atoms with Crippen molar-refractivity contribution < 1.29 is 222 Å². The second-order valence-electron chi connectivity index (χ2n) is 28.1. The zero-order valence-corrected chi connectivity index (χ0v) is 59.9. The molecular weight excluding hydrogens is 1520 g/mol. The van der Waals surface area contributed by atoms with E-state index in [0.29, 0.717) is 0 Å². The molecule has 111 heavy (non-hydrogen) atoms. The van der Waals surface area contributed by atoms with Crippen LogP contribution in [-0.4, -0.2) is 475 Å². The maximum Gasteiger partial charge on any atom is 0.217 e. The largest absolute Gasteiger partial charge is 0.394 e. The van der Waals surface area contributed by atoms with Crippen molar-refractivity contribution in [2.24, 2.45) is 0 Å². The first-order valence-corrected chi connectivity index (χ1v) is 35.5. The van der Waals surface area contributed by atoms with E-state index in [1.165, 1.54) is 6.92 Å². The fourth-order valence-electron chi connectivity index (χ4n) is 14.4. The maximum atomic E-state index is 13.5. The molecule has 9 aliphatic rings. The van der Waals surface area contributed by atoms with Gasteiger partial charge in [-0.1, -0.05) is 0 Å². The summed E-state index contributed by atoms with van der Waals surface area (Å²) in [6.45, 7) is -3.75. The predicted molar refractivity (Wildman–Crippen MR) is 342 cm³/mol. The number of rotatable bonds is 28. The van der Waals surface area contributed by atoms with Gasteiger partial charge in [-0.25, -0.2) is 0 Å². The molecule has 28 N–H and O–H groups in total. The highest BCUT2D eigenvalue weighted by Crippen LogP contribution is 2.41. The summed E-state index contributed by atoms with van der Waals surface area (Å²) in [6, 6.07) is -7.35. The van der Waals surface area contributed by atoms with E-state index >= 15 is 0 Å². The van der Waals surface area contributed by atoms with Crippen molar-refractivity contribution >= 4 is 23.6 Å². The summed E-state index contributed by atoms with van der Waals surface area (Å²) in [7, 11) is 0. The van der Waals surface area contributed by atoms with Gasteiger partial charge in [0, 0.05) is 27.7 Å². The first-order valence-electron chi connectivity index (χ1n) is 35.5. The molecule has 0 aromatic heterocycles. The Hall–Kier alpha value is -3.76. The average molecular weight is 1630 g/mol. The van der Waals surface area contributed by atoms with E-state index in [4.69, 9.17) is 80.5 Å². The molecule has 0 unspecified atom stereocenters. The van der Waals surface area contributed by atoms with Gasteiger partial charge in [0.05, 0.1) is 59.0 Å². The molecule has 0 aromatic carbocycles. The molecule has 49 nitrogen and oxygen atoms in total. The van der Waals surface area contributed by atoms with E-state index < -0.39 is 353 Å². The highest BCUT2D eigenvalue weighted by molar-refractivity contribution is 5.74. The van der Waals surface area contributed by atoms with Gasteiger partial charge in [-0.3, -0.25) is 19.2 Å². The second kappa shape index (κ2) is 39.7. The highest BCUT2D eigenvalue weighted by Gasteiger charge is 2.61. The standard InChI is InChI=1S/C62H104N4O45/c1-14-31(78)40(87)44(91)58(96-14)108-50-30(66-18(5)77)57(103-25(12-73)49(50)107-59-45(92)41(88)33(80)20(7-68)99-59)111-53-43(90)35(82)22(9-70)101-62(53)109-51-36(83)26(13-95-61-52(42(89)34(81)21(8-69)100-61)110-55-28(64-16(3)75)37(84)32(79)19(6-67)98-55)104-60(46(51)93)106-48-24(11-72)102-56(29(39(48)86)65-17(4)76)105-47-23(10-71)97-54(94)27(38(47)85)63-15(2)74/h14,19-62,67-73,78-94H,6-13H2,1-5H3,(H,63,74)(H,64,75)(H,65,76)(H,66,77)/t14-,19+,20+,21+,22+,23+,24+,25+,26+,27+,28+,29+,30+,31+,32+,33-,34+,35+,36+,37+,38+,39+,40+,41-,42-,43-,44-,45+,46-,47+,48+,49+,50+,51-,52-,53-,54+,55-,56-,57-,58-,59-,60-,61-,62+/m0/s1. The first-order chi connectivity index (χ1) is 52.5.